The number of ether oxygens (including phenoxy) is 2. The molecule has 1 heterocycles. The fourth-order valence-corrected chi connectivity index (χ4v) is 1.96. The topological polar surface area (TPSA) is 47.1 Å². The quantitative estimate of drug-likeness (QED) is 0.942. The minimum absolute atomic E-state index is 0.678. The Morgan fingerprint density at radius 2 is 1.88 bits per heavy atom. The predicted molar refractivity (Wildman–Crippen MR) is 64.8 cm³/mol. The molecule has 0 saturated carbocycles. The van der Waals surface area contributed by atoms with Gasteiger partial charge in [-0.05, 0) is 28.1 Å². The molecule has 2 rings (SSSR count). The van der Waals surface area contributed by atoms with Crippen molar-refractivity contribution in [2.75, 3.05) is 14.2 Å². The molecular weight excluding hydrogens is 272 g/mol. The average Bonchev–Trinajstić information content (AvgIpc) is 2.82. The number of methoxy groups -OCH3 is 2. The van der Waals surface area contributed by atoms with Gasteiger partial charge in [-0.1, -0.05) is 0 Å². The van der Waals surface area contributed by atoms with Crippen LogP contribution < -0.4 is 9.47 Å². The number of H-pyrrole nitrogens is 1. The standard InChI is InChI=1S/C11H11BrN2O2/c1-15-9-5-7(11-13-3-4-14-11)8(12)6-10(9)16-2/h3-6H,1-2H3,(H,13,14). The lowest BCUT2D eigenvalue weighted by atomic mass is 10.2. The van der Waals surface area contributed by atoms with Crippen molar-refractivity contribution >= 4 is 15.9 Å². The Morgan fingerprint density at radius 3 is 2.44 bits per heavy atom. The lowest BCUT2D eigenvalue weighted by Gasteiger charge is -2.10. The number of aromatic amines is 1. The van der Waals surface area contributed by atoms with E-state index in [1.807, 2.05) is 12.1 Å². The Hall–Kier alpha value is -1.49. The summed E-state index contributed by atoms with van der Waals surface area (Å²) in [4.78, 5) is 7.24. The first-order chi connectivity index (χ1) is 7.76. The lowest BCUT2D eigenvalue weighted by molar-refractivity contribution is 0.355. The Labute approximate surface area is 102 Å². The van der Waals surface area contributed by atoms with Crippen molar-refractivity contribution in [3.63, 3.8) is 0 Å². The van der Waals surface area contributed by atoms with Crippen LogP contribution >= 0.6 is 15.9 Å². The fraction of sp³-hybridized carbons (Fsp3) is 0.182. The molecule has 0 aliphatic rings. The molecule has 0 fully saturated rings. The summed E-state index contributed by atoms with van der Waals surface area (Å²) >= 11 is 3.48. The van der Waals surface area contributed by atoms with Crippen LogP contribution in [-0.4, -0.2) is 24.2 Å². The normalized spacial score (nSPS) is 10.2. The third kappa shape index (κ3) is 1.90. The van der Waals surface area contributed by atoms with Crippen molar-refractivity contribution in [3.05, 3.63) is 29.0 Å². The van der Waals surface area contributed by atoms with Crippen molar-refractivity contribution in [3.8, 4) is 22.9 Å². The first-order valence-electron chi connectivity index (χ1n) is 4.67. The highest BCUT2D eigenvalue weighted by Gasteiger charge is 2.12. The van der Waals surface area contributed by atoms with E-state index in [-0.39, 0.29) is 0 Å². The average molecular weight is 283 g/mol. The third-order valence-electron chi connectivity index (χ3n) is 2.23. The number of halogens is 1. The molecule has 0 aliphatic heterocycles. The second-order valence-corrected chi connectivity index (χ2v) is 3.98. The van der Waals surface area contributed by atoms with Crippen molar-refractivity contribution in [1.82, 2.24) is 9.97 Å². The minimum Gasteiger partial charge on any atom is -0.493 e. The van der Waals surface area contributed by atoms with Gasteiger partial charge in [0.1, 0.15) is 5.82 Å². The van der Waals surface area contributed by atoms with Crippen LogP contribution in [0.5, 0.6) is 11.5 Å². The highest BCUT2D eigenvalue weighted by atomic mass is 79.9. The molecule has 16 heavy (non-hydrogen) atoms. The maximum atomic E-state index is 5.24. The molecule has 0 saturated heterocycles. The van der Waals surface area contributed by atoms with E-state index in [9.17, 15) is 0 Å². The molecule has 0 unspecified atom stereocenters. The van der Waals surface area contributed by atoms with E-state index in [2.05, 4.69) is 25.9 Å². The fourth-order valence-electron chi connectivity index (χ4n) is 1.45. The van der Waals surface area contributed by atoms with Gasteiger partial charge in [-0.15, -0.1) is 0 Å². The smallest absolute Gasteiger partial charge is 0.161 e. The van der Waals surface area contributed by atoms with Gasteiger partial charge in [0, 0.05) is 22.4 Å². The molecule has 1 N–H and O–H groups in total. The second kappa shape index (κ2) is 4.57. The molecule has 0 spiro atoms. The van der Waals surface area contributed by atoms with E-state index in [1.165, 1.54) is 0 Å². The van der Waals surface area contributed by atoms with Gasteiger partial charge in [0.15, 0.2) is 11.5 Å². The third-order valence-corrected chi connectivity index (χ3v) is 2.88. The predicted octanol–water partition coefficient (Wildman–Crippen LogP) is 2.86. The van der Waals surface area contributed by atoms with Crippen molar-refractivity contribution in [1.29, 1.82) is 0 Å². The summed E-state index contributed by atoms with van der Waals surface area (Å²) < 4.78 is 11.3. The molecule has 0 radical (unpaired) electrons. The van der Waals surface area contributed by atoms with Gasteiger partial charge >= 0.3 is 0 Å². The van der Waals surface area contributed by atoms with Gasteiger partial charge in [0.2, 0.25) is 0 Å². The highest BCUT2D eigenvalue weighted by Crippen LogP contribution is 2.37. The van der Waals surface area contributed by atoms with E-state index in [1.54, 1.807) is 26.6 Å². The summed E-state index contributed by atoms with van der Waals surface area (Å²) in [5, 5.41) is 0. The Bertz CT molecular complexity index is 483. The van der Waals surface area contributed by atoms with E-state index >= 15 is 0 Å². The van der Waals surface area contributed by atoms with Gasteiger partial charge in [0.05, 0.1) is 14.2 Å². The van der Waals surface area contributed by atoms with Crippen molar-refractivity contribution in [2.24, 2.45) is 0 Å². The molecule has 1 aromatic carbocycles. The van der Waals surface area contributed by atoms with Gasteiger partial charge in [-0.3, -0.25) is 0 Å². The van der Waals surface area contributed by atoms with Crippen LogP contribution in [-0.2, 0) is 0 Å². The number of hydrogen-bond donors (Lipinski definition) is 1. The van der Waals surface area contributed by atoms with Gasteiger partial charge < -0.3 is 14.5 Å². The summed E-state index contributed by atoms with van der Waals surface area (Å²) in [6.45, 7) is 0. The number of hydrogen-bond acceptors (Lipinski definition) is 3. The molecular formula is C11H11BrN2O2. The van der Waals surface area contributed by atoms with Crippen LogP contribution in [0.2, 0.25) is 0 Å². The molecule has 2 aromatic rings. The van der Waals surface area contributed by atoms with Gasteiger partial charge in [0.25, 0.3) is 0 Å². The second-order valence-electron chi connectivity index (χ2n) is 3.12. The Balaban J connectivity index is 2.55. The summed E-state index contributed by atoms with van der Waals surface area (Å²) in [5.74, 6) is 2.15. The molecule has 0 bridgehead atoms. The summed E-state index contributed by atoms with van der Waals surface area (Å²) in [7, 11) is 3.22. The summed E-state index contributed by atoms with van der Waals surface area (Å²) in [5.41, 5.74) is 0.933. The van der Waals surface area contributed by atoms with Crippen LogP contribution in [0.15, 0.2) is 29.0 Å². The number of benzene rings is 1. The van der Waals surface area contributed by atoms with Crippen molar-refractivity contribution in [2.45, 2.75) is 0 Å². The maximum Gasteiger partial charge on any atom is 0.161 e. The van der Waals surface area contributed by atoms with Gasteiger partial charge in [-0.25, -0.2) is 4.98 Å². The number of nitrogens with zero attached hydrogens (tertiary/aromatic N) is 1. The number of nitrogens with one attached hydrogen (secondary N) is 1. The summed E-state index contributed by atoms with van der Waals surface area (Å²) in [6.07, 6.45) is 3.48. The van der Waals surface area contributed by atoms with Crippen LogP contribution in [0.25, 0.3) is 11.4 Å². The Kier molecular flexibility index (Phi) is 3.14. The number of rotatable bonds is 3. The zero-order valence-electron chi connectivity index (χ0n) is 8.95. The zero-order chi connectivity index (χ0) is 11.5. The largest absolute Gasteiger partial charge is 0.493 e. The van der Waals surface area contributed by atoms with E-state index in [4.69, 9.17) is 9.47 Å². The van der Waals surface area contributed by atoms with Crippen LogP contribution in [0.4, 0.5) is 0 Å². The molecule has 5 heteroatoms. The molecule has 1 aromatic heterocycles. The van der Waals surface area contributed by atoms with Crippen LogP contribution in [0.3, 0.4) is 0 Å². The van der Waals surface area contributed by atoms with E-state index in [0.29, 0.717) is 11.5 Å². The monoisotopic (exact) mass is 282 g/mol. The van der Waals surface area contributed by atoms with Gasteiger partial charge in [-0.2, -0.15) is 0 Å². The van der Waals surface area contributed by atoms with E-state index < -0.39 is 0 Å². The lowest BCUT2D eigenvalue weighted by Crippen LogP contribution is -1.92. The highest BCUT2D eigenvalue weighted by molar-refractivity contribution is 9.10. The first-order valence-corrected chi connectivity index (χ1v) is 5.47. The SMILES string of the molecule is COc1cc(Br)c(-c2ncc[nH]2)cc1OC. The number of imidazole rings is 1. The zero-order valence-corrected chi connectivity index (χ0v) is 10.5. The minimum atomic E-state index is 0.678. The molecule has 0 aliphatic carbocycles. The molecule has 0 atom stereocenters. The van der Waals surface area contributed by atoms with Crippen LogP contribution in [0.1, 0.15) is 0 Å². The molecule has 4 nitrogen and oxygen atoms in total. The maximum absolute atomic E-state index is 5.24. The van der Waals surface area contributed by atoms with E-state index in [0.717, 1.165) is 15.9 Å². The summed E-state index contributed by atoms with van der Waals surface area (Å²) in [6, 6.07) is 3.73. The van der Waals surface area contributed by atoms with Crippen molar-refractivity contribution < 1.29 is 9.47 Å². The molecule has 0 amide bonds. The first kappa shape index (κ1) is 11.0. The van der Waals surface area contributed by atoms with Crippen LogP contribution in [0, 0.1) is 0 Å². The Morgan fingerprint density at radius 1 is 1.19 bits per heavy atom. The number of aromatic nitrogens is 2. The molecule has 84 valence electrons.